The molecule has 56 heavy (non-hydrogen) atoms. The second-order valence-electron chi connectivity index (χ2n) is 14.4. The van der Waals surface area contributed by atoms with Gasteiger partial charge in [-0.2, -0.15) is 38.5 Å². The monoisotopic (exact) mass is 976 g/mol. The molecule has 0 unspecified atom stereocenters. The van der Waals surface area contributed by atoms with Crippen molar-refractivity contribution in [1.82, 2.24) is 0 Å². The van der Waals surface area contributed by atoms with E-state index in [0.29, 0.717) is 11.8 Å². The van der Waals surface area contributed by atoms with E-state index in [1.54, 1.807) is 24.3 Å². The fourth-order valence-electron chi connectivity index (χ4n) is 8.04. The largest absolute Gasteiger partial charge is 4.00 e. The molecule has 9 heteroatoms. The zero-order valence-electron chi connectivity index (χ0n) is 31.3. The summed E-state index contributed by atoms with van der Waals surface area (Å²) in [6, 6.07) is 32.1. The molecular formula is C47H48Cl2F6Hf. The van der Waals surface area contributed by atoms with Gasteiger partial charge < -0.3 is 20.3 Å². The van der Waals surface area contributed by atoms with E-state index in [2.05, 4.69) is 50.2 Å². The van der Waals surface area contributed by atoms with Crippen LogP contribution in [-0.2, 0) is 38.2 Å². The van der Waals surface area contributed by atoms with E-state index in [0.717, 1.165) is 39.4 Å². The third-order valence-corrected chi connectivity index (χ3v) is 10.7. The number of benzene rings is 4. The Morgan fingerprint density at radius 2 is 0.821 bits per heavy atom. The van der Waals surface area contributed by atoms with Crippen LogP contribution in [0, 0.1) is 13.8 Å². The molecule has 0 spiro atoms. The Bertz CT molecular complexity index is 1910. The summed E-state index contributed by atoms with van der Waals surface area (Å²) in [6.07, 6.45) is 4.95. The van der Waals surface area contributed by atoms with Gasteiger partial charge in [0.15, 0.2) is 0 Å². The van der Waals surface area contributed by atoms with Crippen LogP contribution in [0.2, 0.25) is 0 Å². The van der Waals surface area contributed by atoms with Crippen LogP contribution in [0.3, 0.4) is 0 Å². The molecule has 6 aromatic rings. The third-order valence-electron chi connectivity index (χ3n) is 10.7. The van der Waals surface area contributed by atoms with Crippen molar-refractivity contribution in [3.8, 4) is 22.3 Å². The molecule has 2 aliphatic carbocycles. The van der Waals surface area contributed by atoms with Crippen molar-refractivity contribution < 1.29 is 52.2 Å². The van der Waals surface area contributed by atoms with E-state index in [1.165, 1.54) is 110 Å². The molecule has 2 aliphatic rings. The maximum absolute atomic E-state index is 12.8. The zero-order valence-corrected chi connectivity index (χ0v) is 36.5. The molecule has 8 rings (SSSR count). The summed E-state index contributed by atoms with van der Waals surface area (Å²) in [5.41, 5.74) is 5.24. The Morgan fingerprint density at radius 1 is 0.500 bits per heavy atom. The molecule has 2 saturated carbocycles. The topological polar surface area (TPSA) is 0 Å². The molecule has 0 amide bonds. The average Bonchev–Trinajstić information content (AvgIpc) is 3.81. The van der Waals surface area contributed by atoms with Crippen LogP contribution in [0.5, 0.6) is 0 Å². The van der Waals surface area contributed by atoms with Gasteiger partial charge in [0.25, 0.3) is 0 Å². The van der Waals surface area contributed by atoms with E-state index >= 15 is 0 Å². The summed E-state index contributed by atoms with van der Waals surface area (Å²) in [7, 11) is 0. The van der Waals surface area contributed by atoms with E-state index in [-0.39, 0.29) is 50.7 Å². The second kappa shape index (κ2) is 21.2. The fourth-order valence-corrected chi connectivity index (χ4v) is 8.04. The molecule has 2 fully saturated rings. The first-order valence-corrected chi connectivity index (χ1v) is 18.8. The van der Waals surface area contributed by atoms with Crippen molar-refractivity contribution in [3.05, 3.63) is 145 Å². The number of rotatable bonds is 4. The van der Waals surface area contributed by atoms with Crippen molar-refractivity contribution in [3.63, 3.8) is 0 Å². The first-order chi connectivity index (χ1) is 25.5. The van der Waals surface area contributed by atoms with Gasteiger partial charge in [-0.05, 0) is 72.9 Å². The third kappa shape index (κ3) is 11.6. The van der Waals surface area contributed by atoms with Crippen LogP contribution in [0.1, 0.15) is 105 Å². The SMILES string of the molecule is Cl.Cl.FC(F)(F)c1ccc(-c2cccc3[cH-]c(C4CCCCC4)cc23)cc1.FC(F)(F)c1ccc(-c2cccc3[cH-]c(C4CCCCC4)cc23)cc1.[CH2-]C[CH2-].[Hf+4]. The maximum Gasteiger partial charge on any atom is 4.00 e. The first-order valence-electron chi connectivity index (χ1n) is 18.8. The predicted octanol–water partition coefficient (Wildman–Crippen LogP) is 16.5. The molecule has 0 saturated heterocycles. The van der Waals surface area contributed by atoms with Gasteiger partial charge >= 0.3 is 38.2 Å². The van der Waals surface area contributed by atoms with E-state index in [9.17, 15) is 26.3 Å². The molecule has 296 valence electrons. The molecule has 6 aromatic carbocycles. The van der Waals surface area contributed by atoms with Crippen LogP contribution in [-0.4, -0.2) is 0 Å². The van der Waals surface area contributed by atoms with Crippen molar-refractivity contribution in [2.45, 2.75) is 94.8 Å². The van der Waals surface area contributed by atoms with Gasteiger partial charge in [-0.3, -0.25) is 0 Å². The summed E-state index contributed by atoms with van der Waals surface area (Å²) in [5.74, 6) is 1.25. The van der Waals surface area contributed by atoms with Crippen molar-refractivity contribution in [1.29, 1.82) is 0 Å². The minimum atomic E-state index is -4.29. The number of hydrogen-bond acceptors (Lipinski definition) is 0. The molecule has 0 bridgehead atoms. The Kier molecular flexibility index (Phi) is 18.0. The summed E-state index contributed by atoms with van der Waals surface area (Å²) < 4.78 is 76.7. The van der Waals surface area contributed by atoms with Crippen molar-refractivity contribution in [2.24, 2.45) is 0 Å². The van der Waals surface area contributed by atoms with E-state index in [1.807, 2.05) is 24.3 Å². The molecule has 0 heterocycles. The van der Waals surface area contributed by atoms with Gasteiger partial charge in [0.2, 0.25) is 0 Å². The second-order valence-corrected chi connectivity index (χ2v) is 14.4. The summed E-state index contributed by atoms with van der Waals surface area (Å²) >= 11 is 0. The molecule has 0 aliphatic heterocycles. The number of fused-ring (bicyclic) bond motifs is 2. The first kappa shape index (κ1) is 47.5. The van der Waals surface area contributed by atoms with Crippen LogP contribution < -0.4 is 0 Å². The van der Waals surface area contributed by atoms with Crippen LogP contribution in [0.15, 0.2) is 109 Å². The smallest absolute Gasteiger partial charge is 0.372 e. The molecule has 0 atom stereocenters. The van der Waals surface area contributed by atoms with E-state index in [4.69, 9.17) is 0 Å². The number of alkyl halides is 6. The zero-order chi connectivity index (χ0) is 37.6. The quantitative estimate of drug-likeness (QED) is 0.0938. The predicted molar refractivity (Wildman–Crippen MR) is 221 cm³/mol. The molecular weight excluding hydrogens is 928 g/mol. The van der Waals surface area contributed by atoms with E-state index < -0.39 is 23.5 Å². The van der Waals surface area contributed by atoms with Gasteiger partial charge in [0.05, 0.1) is 11.1 Å². The number of hydrogen-bond donors (Lipinski definition) is 0. The fraction of sp³-hybridized carbons (Fsp3) is 0.319. The van der Waals surface area contributed by atoms with Gasteiger partial charge in [0, 0.05) is 0 Å². The maximum atomic E-state index is 12.8. The number of halogens is 8. The van der Waals surface area contributed by atoms with Gasteiger partial charge in [-0.1, -0.05) is 86.1 Å². The molecule has 0 N–H and O–H groups in total. The van der Waals surface area contributed by atoms with Gasteiger partial charge in [0.1, 0.15) is 0 Å². The summed E-state index contributed by atoms with van der Waals surface area (Å²) in [6.45, 7) is 6.75. The summed E-state index contributed by atoms with van der Waals surface area (Å²) in [5, 5.41) is 4.64. The van der Waals surface area contributed by atoms with Crippen molar-refractivity contribution in [2.75, 3.05) is 0 Å². The Hall–Kier alpha value is -2.87. The average molecular weight is 976 g/mol. The van der Waals surface area contributed by atoms with Crippen LogP contribution in [0.25, 0.3) is 43.8 Å². The van der Waals surface area contributed by atoms with Gasteiger partial charge in [-0.15, -0.1) is 93.9 Å². The minimum Gasteiger partial charge on any atom is -0.372 e. The van der Waals surface area contributed by atoms with Crippen LogP contribution >= 0.6 is 24.8 Å². The normalized spacial score (nSPS) is 15.0. The van der Waals surface area contributed by atoms with Crippen molar-refractivity contribution >= 4 is 46.4 Å². The Labute approximate surface area is 358 Å². The summed E-state index contributed by atoms with van der Waals surface area (Å²) in [4.78, 5) is 0. The van der Waals surface area contributed by atoms with Gasteiger partial charge in [-0.25, -0.2) is 0 Å². The molecule has 0 nitrogen and oxygen atoms in total. The standard InChI is InChI=1S/2C22H20F3.C3H6.2ClH.Hf/c2*23-22(24,25)19-11-9-16(10-12-19)20-8-4-7-17-13-18(14-21(17)20)15-5-2-1-3-6-15;1-3-2;;;/h2*4,7-15H,1-3,5-6H2;1-3H2;2*1H;/q2*-1;-2;;;+4. The van der Waals surface area contributed by atoms with Crippen LogP contribution in [0.4, 0.5) is 26.3 Å². The molecule has 0 aromatic heterocycles. The molecule has 0 radical (unpaired) electrons. The Morgan fingerprint density at radius 3 is 1.12 bits per heavy atom. The Balaban J connectivity index is 0.000000267. The minimum absolute atomic E-state index is 0.